The van der Waals surface area contributed by atoms with Crippen molar-refractivity contribution in [2.75, 3.05) is 40.0 Å². The summed E-state index contributed by atoms with van der Waals surface area (Å²) >= 11 is 0. The number of hydrogen-bond acceptors (Lipinski definition) is 4. The van der Waals surface area contributed by atoms with Gasteiger partial charge in [-0.05, 0) is 51.6 Å². The Morgan fingerprint density at radius 1 is 1.39 bits per heavy atom. The molecule has 4 heteroatoms. The minimum Gasteiger partial charge on any atom is -0.394 e. The molecule has 0 aromatic heterocycles. The molecule has 0 aliphatic carbocycles. The fourth-order valence-corrected chi connectivity index (χ4v) is 2.53. The Kier molecular flexibility index (Phi) is 7.15. The maximum Gasteiger partial charge on any atom is 0.0611 e. The maximum absolute atomic E-state index is 9.26. The monoisotopic (exact) mass is 258 g/mol. The zero-order valence-corrected chi connectivity index (χ0v) is 12.0. The van der Waals surface area contributed by atoms with Gasteiger partial charge in [0, 0.05) is 25.3 Å². The van der Waals surface area contributed by atoms with Gasteiger partial charge in [-0.1, -0.05) is 6.92 Å². The molecular weight excluding hydrogens is 228 g/mol. The van der Waals surface area contributed by atoms with Gasteiger partial charge in [-0.2, -0.15) is 0 Å². The Balaban J connectivity index is 2.14. The van der Waals surface area contributed by atoms with E-state index in [1.54, 1.807) is 0 Å². The lowest BCUT2D eigenvalue weighted by molar-refractivity contribution is 0.0552. The van der Waals surface area contributed by atoms with E-state index in [1.165, 1.54) is 12.8 Å². The van der Waals surface area contributed by atoms with Gasteiger partial charge in [-0.3, -0.25) is 0 Å². The largest absolute Gasteiger partial charge is 0.394 e. The highest BCUT2D eigenvalue weighted by Gasteiger charge is 2.21. The summed E-state index contributed by atoms with van der Waals surface area (Å²) in [6.45, 7) is 6.20. The van der Waals surface area contributed by atoms with Gasteiger partial charge in [-0.25, -0.2) is 0 Å². The van der Waals surface area contributed by atoms with Crippen LogP contribution in [0.25, 0.3) is 0 Å². The highest BCUT2D eigenvalue weighted by molar-refractivity contribution is 4.81. The first kappa shape index (κ1) is 15.9. The first-order chi connectivity index (χ1) is 8.59. The molecule has 0 aromatic rings. The van der Waals surface area contributed by atoms with E-state index in [0.29, 0.717) is 0 Å². The molecule has 0 bridgehead atoms. The molecule has 1 atom stereocenters. The summed E-state index contributed by atoms with van der Waals surface area (Å²) in [4.78, 5) is 2.39. The van der Waals surface area contributed by atoms with Gasteiger partial charge in [0.05, 0.1) is 6.61 Å². The standard InChI is InChI=1S/C14H30N2O2/c1-3-14(15,12-17)7-4-8-16(2)11-13-5-9-18-10-6-13/h13,17H,3-12,15H2,1-2H3. The molecule has 1 aliphatic rings. The summed E-state index contributed by atoms with van der Waals surface area (Å²) in [5.41, 5.74) is 5.71. The molecule has 4 nitrogen and oxygen atoms in total. The lowest BCUT2D eigenvalue weighted by Gasteiger charge is -2.29. The summed E-state index contributed by atoms with van der Waals surface area (Å²) in [7, 11) is 2.18. The molecule has 3 N–H and O–H groups in total. The van der Waals surface area contributed by atoms with Gasteiger partial charge in [0.25, 0.3) is 0 Å². The molecule has 0 saturated carbocycles. The Morgan fingerprint density at radius 2 is 2.06 bits per heavy atom. The highest BCUT2D eigenvalue weighted by Crippen LogP contribution is 2.17. The lowest BCUT2D eigenvalue weighted by Crippen LogP contribution is -2.43. The molecule has 1 heterocycles. The van der Waals surface area contributed by atoms with E-state index < -0.39 is 0 Å². The van der Waals surface area contributed by atoms with E-state index in [9.17, 15) is 5.11 Å². The third kappa shape index (κ3) is 5.65. The van der Waals surface area contributed by atoms with Crippen molar-refractivity contribution in [1.29, 1.82) is 0 Å². The Hall–Kier alpha value is -0.160. The van der Waals surface area contributed by atoms with Gasteiger partial charge in [0.2, 0.25) is 0 Å². The van der Waals surface area contributed by atoms with E-state index in [0.717, 1.165) is 51.5 Å². The normalized spacial score (nSPS) is 21.2. The number of nitrogens with two attached hydrogens (primary N) is 1. The third-order valence-corrected chi connectivity index (χ3v) is 4.14. The van der Waals surface area contributed by atoms with Crippen LogP contribution in [0.5, 0.6) is 0 Å². The molecular formula is C14H30N2O2. The Labute approximate surface area is 111 Å². The molecule has 108 valence electrons. The second-order valence-corrected chi connectivity index (χ2v) is 5.80. The van der Waals surface area contributed by atoms with Gasteiger partial charge in [0.1, 0.15) is 0 Å². The van der Waals surface area contributed by atoms with Crippen LogP contribution >= 0.6 is 0 Å². The number of aliphatic hydroxyl groups excluding tert-OH is 1. The van der Waals surface area contributed by atoms with E-state index in [-0.39, 0.29) is 12.1 Å². The van der Waals surface area contributed by atoms with Crippen LogP contribution in [0.15, 0.2) is 0 Å². The van der Waals surface area contributed by atoms with Crippen molar-refractivity contribution in [1.82, 2.24) is 4.90 Å². The number of nitrogens with zero attached hydrogens (tertiary/aromatic N) is 1. The zero-order valence-electron chi connectivity index (χ0n) is 12.0. The minimum absolute atomic E-state index is 0.0905. The van der Waals surface area contributed by atoms with Gasteiger partial charge in [-0.15, -0.1) is 0 Å². The zero-order chi connectivity index (χ0) is 13.4. The second kappa shape index (κ2) is 8.10. The van der Waals surface area contributed by atoms with Crippen LogP contribution in [0.1, 0.15) is 39.0 Å². The molecule has 1 fully saturated rings. The van der Waals surface area contributed by atoms with Crippen molar-refractivity contribution < 1.29 is 9.84 Å². The average molecular weight is 258 g/mol. The molecule has 0 spiro atoms. The number of hydrogen-bond donors (Lipinski definition) is 2. The summed E-state index contributed by atoms with van der Waals surface area (Å²) < 4.78 is 5.37. The van der Waals surface area contributed by atoms with Crippen LogP contribution < -0.4 is 5.73 Å². The minimum atomic E-state index is -0.375. The maximum atomic E-state index is 9.26. The number of ether oxygens (including phenoxy) is 1. The van der Waals surface area contributed by atoms with Crippen LogP contribution in [0.3, 0.4) is 0 Å². The summed E-state index contributed by atoms with van der Waals surface area (Å²) in [5, 5.41) is 9.26. The van der Waals surface area contributed by atoms with Crippen LogP contribution in [-0.4, -0.2) is 55.5 Å². The fraction of sp³-hybridized carbons (Fsp3) is 1.00. The van der Waals surface area contributed by atoms with Crippen LogP contribution in [0.4, 0.5) is 0 Å². The van der Waals surface area contributed by atoms with E-state index >= 15 is 0 Å². The predicted octanol–water partition coefficient (Wildman–Crippen LogP) is 1.22. The topological polar surface area (TPSA) is 58.7 Å². The number of rotatable bonds is 8. The second-order valence-electron chi connectivity index (χ2n) is 5.80. The van der Waals surface area contributed by atoms with Crippen molar-refractivity contribution in [3.63, 3.8) is 0 Å². The average Bonchev–Trinajstić information content (AvgIpc) is 2.39. The van der Waals surface area contributed by atoms with E-state index in [1.807, 2.05) is 6.92 Å². The van der Waals surface area contributed by atoms with Crippen molar-refractivity contribution in [3.05, 3.63) is 0 Å². The molecule has 0 aromatic carbocycles. The van der Waals surface area contributed by atoms with Gasteiger partial charge >= 0.3 is 0 Å². The van der Waals surface area contributed by atoms with Crippen LogP contribution in [0.2, 0.25) is 0 Å². The fourth-order valence-electron chi connectivity index (χ4n) is 2.53. The first-order valence-corrected chi connectivity index (χ1v) is 7.25. The van der Waals surface area contributed by atoms with E-state index in [4.69, 9.17) is 10.5 Å². The molecule has 1 rings (SSSR count). The Bertz CT molecular complexity index is 214. The molecule has 1 saturated heterocycles. The summed E-state index contributed by atoms with van der Waals surface area (Å²) in [6, 6.07) is 0. The van der Waals surface area contributed by atoms with Crippen molar-refractivity contribution in [2.45, 2.75) is 44.6 Å². The molecule has 1 aliphatic heterocycles. The number of aliphatic hydroxyl groups is 1. The molecule has 0 amide bonds. The third-order valence-electron chi connectivity index (χ3n) is 4.14. The molecule has 1 unspecified atom stereocenters. The van der Waals surface area contributed by atoms with Gasteiger partial charge in [0.15, 0.2) is 0 Å². The molecule has 0 radical (unpaired) electrons. The Morgan fingerprint density at radius 3 is 2.61 bits per heavy atom. The summed E-state index contributed by atoms with van der Waals surface area (Å²) in [5.74, 6) is 0.787. The van der Waals surface area contributed by atoms with Crippen LogP contribution in [-0.2, 0) is 4.74 Å². The smallest absolute Gasteiger partial charge is 0.0611 e. The quantitative estimate of drug-likeness (QED) is 0.687. The van der Waals surface area contributed by atoms with Crippen molar-refractivity contribution in [3.8, 4) is 0 Å². The predicted molar refractivity (Wildman–Crippen MR) is 74.6 cm³/mol. The van der Waals surface area contributed by atoms with E-state index in [2.05, 4.69) is 11.9 Å². The summed E-state index contributed by atoms with van der Waals surface area (Å²) in [6.07, 6.45) is 5.18. The SMILES string of the molecule is CCC(N)(CO)CCCN(C)CC1CCOCC1. The van der Waals surface area contributed by atoms with Crippen LogP contribution in [0, 0.1) is 5.92 Å². The van der Waals surface area contributed by atoms with Gasteiger partial charge < -0.3 is 20.5 Å². The lowest BCUT2D eigenvalue weighted by atomic mass is 9.92. The van der Waals surface area contributed by atoms with Crippen molar-refractivity contribution in [2.24, 2.45) is 11.7 Å². The molecule has 18 heavy (non-hydrogen) atoms. The van der Waals surface area contributed by atoms with Crippen molar-refractivity contribution >= 4 is 0 Å². The highest BCUT2D eigenvalue weighted by atomic mass is 16.5. The first-order valence-electron chi connectivity index (χ1n) is 7.25.